The standard InChI is InChI=1S/C20H20BrNO2/c1-3-22-18-13-16(21)11-10-15(18)12-17(20(23)24-4-2)19(22)14-8-6-5-7-9-14/h5-11,13H,3-4,12H2,1-2H3. The third-order valence-electron chi connectivity index (χ3n) is 4.15. The van der Waals surface area contributed by atoms with E-state index in [4.69, 9.17) is 4.74 Å². The van der Waals surface area contributed by atoms with E-state index in [1.54, 1.807) is 0 Å². The molecule has 0 atom stereocenters. The summed E-state index contributed by atoms with van der Waals surface area (Å²) in [6, 6.07) is 16.3. The van der Waals surface area contributed by atoms with Crippen molar-refractivity contribution in [2.45, 2.75) is 20.3 Å². The minimum atomic E-state index is -0.233. The number of benzene rings is 2. The smallest absolute Gasteiger partial charge is 0.336 e. The molecule has 1 aliphatic rings. The van der Waals surface area contributed by atoms with Gasteiger partial charge in [0.1, 0.15) is 0 Å². The number of ether oxygens (including phenoxy) is 1. The molecule has 3 rings (SSSR count). The Morgan fingerprint density at radius 1 is 1.17 bits per heavy atom. The predicted molar refractivity (Wildman–Crippen MR) is 101 cm³/mol. The summed E-state index contributed by atoms with van der Waals surface area (Å²) in [5, 5.41) is 0. The molecule has 0 fully saturated rings. The van der Waals surface area contributed by atoms with Gasteiger partial charge >= 0.3 is 5.97 Å². The summed E-state index contributed by atoms with van der Waals surface area (Å²) in [6.45, 7) is 5.09. The lowest BCUT2D eigenvalue weighted by Gasteiger charge is -2.34. The minimum Gasteiger partial charge on any atom is -0.463 e. The first kappa shape index (κ1) is 16.8. The van der Waals surface area contributed by atoms with Crippen molar-refractivity contribution in [3.05, 3.63) is 69.7 Å². The van der Waals surface area contributed by atoms with Gasteiger partial charge in [-0.3, -0.25) is 0 Å². The maximum absolute atomic E-state index is 12.6. The molecule has 0 N–H and O–H groups in total. The van der Waals surface area contributed by atoms with Crippen LogP contribution in [0, 0.1) is 0 Å². The Hall–Kier alpha value is -2.07. The summed E-state index contributed by atoms with van der Waals surface area (Å²) < 4.78 is 6.37. The Morgan fingerprint density at radius 2 is 1.92 bits per heavy atom. The molecule has 0 aromatic heterocycles. The second kappa shape index (κ2) is 7.22. The van der Waals surface area contributed by atoms with Gasteiger partial charge in [0.05, 0.1) is 17.9 Å². The van der Waals surface area contributed by atoms with Gasteiger partial charge in [0.25, 0.3) is 0 Å². The molecule has 0 radical (unpaired) electrons. The summed E-state index contributed by atoms with van der Waals surface area (Å²) in [5.74, 6) is -0.233. The number of rotatable bonds is 4. The molecule has 0 saturated carbocycles. The molecule has 4 heteroatoms. The zero-order valence-corrected chi connectivity index (χ0v) is 15.5. The second-order valence-corrected chi connectivity index (χ2v) is 6.52. The molecule has 0 aliphatic carbocycles. The number of hydrogen-bond acceptors (Lipinski definition) is 3. The minimum absolute atomic E-state index is 0.233. The van der Waals surface area contributed by atoms with E-state index in [2.05, 4.69) is 39.9 Å². The number of fused-ring (bicyclic) bond motifs is 1. The normalized spacial score (nSPS) is 13.7. The number of hydrogen-bond donors (Lipinski definition) is 0. The molecule has 0 unspecified atom stereocenters. The molecule has 0 amide bonds. The number of anilines is 1. The fourth-order valence-corrected chi connectivity index (χ4v) is 3.49. The maximum atomic E-state index is 12.6. The lowest BCUT2D eigenvalue weighted by atomic mass is 9.92. The van der Waals surface area contributed by atoms with Gasteiger partial charge in [-0.1, -0.05) is 52.3 Å². The Morgan fingerprint density at radius 3 is 2.58 bits per heavy atom. The highest BCUT2D eigenvalue weighted by molar-refractivity contribution is 9.10. The monoisotopic (exact) mass is 385 g/mol. The van der Waals surface area contributed by atoms with Crippen LogP contribution in [0.5, 0.6) is 0 Å². The molecule has 2 aromatic rings. The van der Waals surface area contributed by atoms with Crippen LogP contribution in [0.3, 0.4) is 0 Å². The quantitative estimate of drug-likeness (QED) is 0.707. The van der Waals surface area contributed by atoms with Crippen molar-refractivity contribution in [2.75, 3.05) is 18.1 Å². The van der Waals surface area contributed by atoms with E-state index in [0.29, 0.717) is 13.0 Å². The third kappa shape index (κ3) is 3.11. The summed E-state index contributed by atoms with van der Waals surface area (Å²) in [6.07, 6.45) is 0.585. The highest BCUT2D eigenvalue weighted by Gasteiger charge is 2.29. The maximum Gasteiger partial charge on any atom is 0.336 e. The van der Waals surface area contributed by atoms with Crippen molar-refractivity contribution >= 4 is 33.3 Å². The van der Waals surface area contributed by atoms with Crippen molar-refractivity contribution in [1.29, 1.82) is 0 Å². The Labute approximate surface area is 151 Å². The van der Waals surface area contributed by atoms with Crippen molar-refractivity contribution in [2.24, 2.45) is 0 Å². The number of carbonyl (C=O) groups is 1. The second-order valence-electron chi connectivity index (χ2n) is 5.61. The van der Waals surface area contributed by atoms with Crippen LogP contribution >= 0.6 is 15.9 Å². The number of carbonyl (C=O) groups excluding carboxylic acids is 1. The third-order valence-corrected chi connectivity index (χ3v) is 4.64. The average molecular weight is 386 g/mol. The van der Waals surface area contributed by atoms with Crippen LogP contribution < -0.4 is 4.90 Å². The fourth-order valence-electron chi connectivity index (χ4n) is 3.14. The number of halogens is 1. The average Bonchev–Trinajstić information content (AvgIpc) is 2.61. The topological polar surface area (TPSA) is 29.5 Å². The molecule has 0 saturated heterocycles. The van der Waals surface area contributed by atoms with Crippen LogP contribution in [0.4, 0.5) is 5.69 Å². The largest absolute Gasteiger partial charge is 0.463 e. The summed E-state index contributed by atoms with van der Waals surface area (Å²) in [5.41, 5.74) is 4.98. The van der Waals surface area contributed by atoms with Crippen LogP contribution in [0.2, 0.25) is 0 Å². The first-order chi connectivity index (χ1) is 11.7. The van der Waals surface area contributed by atoms with Gasteiger partial charge in [-0.2, -0.15) is 0 Å². The van der Waals surface area contributed by atoms with Gasteiger partial charge in [0.15, 0.2) is 0 Å². The van der Waals surface area contributed by atoms with Crippen LogP contribution in [-0.2, 0) is 16.0 Å². The van der Waals surface area contributed by atoms with Gasteiger partial charge in [-0.25, -0.2) is 4.79 Å². The molecule has 124 valence electrons. The van der Waals surface area contributed by atoms with Gasteiger partial charge in [0.2, 0.25) is 0 Å². The molecular formula is C20H20BrNO2. The van der Waals surface area contributed by atoms with Crippen LogP contribution in [-0.4, -0.2) is 19.1 Å². The van der Waals surface area contributed by atoms with E-state index >= 15 is 0 Å². The zero-order valence-electron chi connectivity index (χ0n) is 13.9. The van der Waals surface area contributed by atoms with Crippen molar-refractivity contribution in [3.63, 3.8) is 0 Å². The summed E-state index contributed by atoms with van der Waals surface area (Å²) in [4.78, 5) is 14.8. The van der Waals surface area contributed by atoms with Gasteiger partial charge in [0, 0.05) is 23.1 Å². The molecule has 0 spiro atoms. The van der Waals surface area contributed by atoms with E-state index in [1.165, 1.54) is 0 Å². The lowest BCUT2D eigenvalue weighted by Crippen LogP contribution is -2.30. The number of esters is 1. The number of nitrogens with zero attached hydrogens (tertiary/aromatic N) is 1. The van der Waals surface area contributed by atoms with Crippen LogP contribution in [0.15, 0.2) is 58.6 Å². The van der Waals surface area contributed by atoms with E-state index < -0.39 is 0 Å². The van der Waals surface area contributed by atoms with E-state index in [0.717, 1.165) is 39.1 Å². The first-order valence-corrected chi connectivity index (χ1v) is 8.96. The van der Waals surface area contributed by atoms with Crippen molar-refractivity contribution < 1.29 is 9.53 Å². The highest BCUT2D eigenvalue weighted by Crippen LogP contribution is 2.39. The van der Waals surface area contributed by atoms with Gasteiger partial charge in [-0.15, -0.1) is 0 Å². The van der Waals surface area contributed by atoms with Crippen LogP contribution in [0.25, 0.3) is 5.70 Å². The lowest BCUT2D eigenvalue weighted by molar-refractivity contribution is -0.138. The summed E-state index contributed by atoms with van der Waals surface area (Å²) >= 11 is 3.56. The molecule has 24 heavy (non-hydrogen) atoms. The zero-order chi connectivity index (χ0) is 17.1. The molecule has 1 aliphatic heterocycles. The van der Waals surface area contributed by atoms with Gasteiger partial charge in [-0.05, 0) is 37.1 Å². The first-order valence-electron chi connectivity index (χ1n) is 8.17. The molecule has 3 nitrogen and oxygen atoms in total. The summed E-state index contributed by atoms with van der Waals surface area (Å²) in [7, 11) is 0. The van der Waals surface area contributed by atoms with Crippen LogP contribution in [0.1, 0.15) is 25.0 Å². The highest BCUT2D eigenvalue weighted by atomic mass is 79.9. The van der Waals surface area contributed by atoms with Gasteiger partial charge < -0.3 is 9.64 Å². The predicted octanol–water partition coefficient (Wildman–Crippen LogP) is 4.81. The Kier molecular flexibility index (Phi) is 5.05. The molecule has 2 aromatic carbocycles. The Bertz CT molecular complexity index is 783. The molecular weight excluding hydrogens is 366 g/mol. The van der Waals surface area contributed by atoms with E-state index in [1.807, 2.05) is 43.3 Å². The molecule has 0 bridgehead atoms. The molecule has 1 heterocycles. The van der Waals surface area contributed by atoms with E-state index in [9.17, 15) is 4.79 Å². The van der Waals surface area contributed by atoms with Crippen molar-refractivity contribution in [3.8, 4) is 0 Å². The fraction of sp³-hybridized carbons (Fsp3) is 0.250. The van der Waals surface area contributed by atoms with E-state index in [-0.39, 0.29) is 5.97 Å². The van der Waals surface area contributed by atoms with Crippen molar-refractivity contribution in [1.82, 2.24) is 0 Å². The Balaban J connectivity index is 2.20. The SMILES string of the molecule is CCOC(=O)C1=C(c2ccccc2)N(CC)c2cc(Br)ccc2C1.